The van der Waals surface area contributed by atoms with E-state index < -0.39 is 11.8 Å². The molecule has 1 N–H and O–H groups in total. The molecule has 1 saturated heterocycles. The number of carbonyl (C=O) groups excluding carboxylic acids is 2. The number of hydrogen-bond acceptors (Lipinski definition) is 4. The number of amides is 2. The zero-order chi connectivity index (χ0) is 12.8. The fourth-order valence-electron chi connectivity index (χ4n) is 1.90. The van der Waals surface area contributed by atoms with Gasteiger partial charge < -0.3 is 15.1 Å². The zero-order valence-electron chi connectivity index (χ0n) is 10.3. The number of hydrogen-bond donors (Lipinski definition) is 1. The minimum Gasteiger partial charge on any atom is -0.335 e. The lowest BCUT2D eigenvalue weighted by Gasteiger charge is -2.35. The lowest BCUT2D eigenvalue weighted by Crippen LogP contribution is -2.51. The van der Waals surface area contributed by atoms with Crippen molar-refractivity contribution in [2.45, 2.75) is 18.9 Å². The third-order valence-corrected chi connectivity index (χ3v) is 2.94. The fourth-order valence-corrected chi connectivity index (χ4v) is 1.90. The number of nitriles is 1. The van der Waals surface area contributed by atoms with E-state index in [1.807, 2.05) is 14.1 Å². The van der Waals surface area contributed by atoms with Crippen LogP contribution in [-0.2, 0) is 9.59 Å². The minimum absolute atomic E-state index is 0.129. The van der Waals surface area contributed by atoms with E-state index in [1.165, 1.54) is 0 Å². The maximum atomic E-state index is 11.8. The Kier molecular flexibility index (Phi) is 4.91. The van der Waals surface area contributed by atoms with Gasteiger partial charge in [-0.3, -0.25) is 9.59 Å². The van der Waals surface area contributed by atoms with Crippen molar-refractivity contribution in [2.24, 2.45) is 0 Å². The predicted molar refractivity (Wildman–Crippen MR) is 61.9 cm³/mol. The van der Waals surface area contributed by atoms with Crippen LogP contribution in [-0.4, -0.2) is 61.4 Å². The molecule has 1 rings (SSSR count). The highest BCUT2D eigenvalue weighted by Crippen LogP contribution is 2.13. The van der Waals surface area contributed by atoms with Gasteiger partial charge in [-0.1, -0.05) is 0 Å². The normalized spacial score (nSPS) is 19.9. The van der Waals surface area contributed by atoms with Gasteiger partial charge in [0, 0.05) is 19.1 Å². The Hall–Kier alpha value is -1.61. The summed E-state index contributed by atoms with van der Waals surface area (Å²) < 4.78 is 0. The van der Waals surface area contributed by atoms with Crippen LogP contribution in [0.25, 0.3) is 0 Å². The molecule has 94 valence electrons. The molecule has 0 aromatic heterocycles. The molecule has 0 aromatic carbocycles. The largest absolute Gasteiger partial charge is 0.335 e. The van der Waals surface area contributed by atoms with E-state index in [-0.39, 0.29) is 6.54 Å². The molecule has 1 aliphatic heterocycles. The second kappa shape index (κ2) is 6.21. The molecule has 1 aliphatic rings. The van der Waals surface area contributed by atoms with Crippen LogP contribution in [0.1, 0.15) is 12.8 Å². The van der Waals surface area contributed by atoms with Gasteiger partial charge in [0.15, 0.2) is 0 Å². The second-order valence-corrected chi connectivity index (χ2v) is 4.35. The van der Waals surface area contributed by atoms with E-state index in [1.54, 1.807) is 11.0 Å². The number of likely N-dealkylation sites (N-methyl/N-ethyl adjacent to an activating group) is 1. The van der Waals surface area contributed by atoms with Gasteiger partial charge in [-0.2, -0.15) is 5.26 Å². The standard InChI is InChI=1S/C11H18N4O2/c1-14(2)9-4-3-7-15(8-9)11(17)10(16)13-6-5-12/h9H,3-4,6-8H2,1-2H3,(H,13,16). The van der Waals surface area contributed by atoms with Crippen molar-refractivity contribution < 1.29 is 9.59 Å². The van der Waals surface area contributed by atoms with Crippen molar-refractivity contribution in [1.29, 1.82) is 5.26 Å². The smallest absolute Gasteiger partial charge is 0.311 e. The van der Waals surface area contributed by atoms with Gasteiger partial charge >= 0.3 is 11.8 Å². The number of nitrogens with zero attached hydrogens (tertiary/aromatic N) is 3. The Labute approximate surface area is 101 Å². The molecule has 1 fully saturated rings. The van der Waals surface area contributed by atoms with Gasteiger partial charge in [0.1, 0.15) is 6.54 Å². The fraction of sp³-hybridized carbons (Fsp3) is 0.727. The molecular weight excluding hydrogens is 220 g/mol. The van der Waals surface area contributed by atoms with Crippen LogP contribution >= 0.6 is 0 Å². The molecule has 1 atom stereocenters. The number of carbonyl (C=O) groups is 2. The summed E-state index contributed by atoms with van der Waals surface area (Å²) in [6, 6.07) is 2.07. The first-order chi connectivity index (χ1) is 8.06. The van der Waals surface area contributed by atoms with Gasteiger partial charge in [-0.25, -0.2) is 0 Å². The second-order valence-electron chi connectivity index (χ2n) is 4.35. The molecule has 0 aliphatic carbocycles. The molecule has 17 heavy (non-hydrogen) atoms. The quantitative estimate of drug-likeness (QED) is 0.503. The highest BCUT2D eigenvalue weighted by molar-refractivity contribution is 6.35. The Morgan fingerprint density at radius 1 is 1.53 bits per heavy atom. The SMILES string of the molecule is CN(C)C1CCCN(C(=O)C(=O)NCC#N)C1. The van der Waals surface area contributed by atoms with Gasteiger partial charge in [-0.05, 0) is 26.9 Å². The van der Waals surface area contributed by atoms with Crippen LogP contribution in [0.3, 0.4) is 0 Å². The highest BCUT2D eigenvalue weighted by Gasteiger charge is 2.28. The first-order valence-corrected chi connectivity index (χ1v) is 5.66. The van der Waals surface area contributed by atoms with Crippen molar-refractivity contribution >= 4 is 11.8 Å². The van der Waals surface area contributed by atoms with Gasteiger partial charge in [-0.15, -0.1) is 0 Å². The van der Waals surface area contributed by atoms with Crippen molar-refractivity contribution in [3.8, 4) is 6.07 Å². The topological polar surface area (TPSA) is 76.4 Å². The molecule has 1 unspecified atom stereocenters. The molecule has 6 heteroatoms. The minimum atomic E-state index is -0.689. The van der Waals surface area contributed by atoms with Crippen LogP contribution in [0, 0.1) is 11.3 Å². The van der Waals surface area contributed by atoms with Crippen LogP contribution in [0.2, 0.25) is 0 Å². The van der Waals surface area contributed by atoms with Crippen LogP contribution in [0.15, 0.2) is 0 Å². The van der Waals surface area contributed by atoms with Crippen molar-refractivity contribution in [3.05, 3.63) is 0 Å². The van der Waals surface area contributed by atoms with E-state index in [4.69, 9.17) is 5.26 Å². The molecule has 0 saturated carbocycles. The van der Waals surface area contributed by atoms with E-state index in [9.17, 15) is 9.59 Å². The average molecular weight is 238 g/mol. The van der Waals surface area contributed by atoms with Gasteiger partial charge in [0.25, 0.3) is 0 Å². The predicted octanol–water partition coefficient (Wildman–Crippen LogP) is -0.821. The molecular formula is C11H18N4O2. The lowest BCUT2D eigenvalue weighted by atomic mass is 10.0. The summed E-state index contributed by atoms with van der Waals surface area (Å²) >= 11 is 0. The summed E-state index contributed by atoms with van der Waals surface area (Å²) in [5.41, 5.74) is 0. The van der Waals surface area contributed by atoms with Crippen molar-refractivity contribution in [1.82, 2.24) is 15.1 Å². The summed E-state index contributed by atoms with van der Waals surface area (Å²) in [7, 11) is 3.93. The number of nitrogens with one attached hydrogen (secondary N) is 1. The molecule has 1 heterocycles. The first-order valence-electron chi connectivity index (χ1n) is 5.66. The van der Waals surface area contributed by atoms with Crippen molar-refractivity contribution in [3.63, 3.8) is 0 Å². The third-order valence-electron chi connectivity index (χ3n) is 2.94. The summed E-state index contributed by atoms with van der Waals surface area (Å²) in [6.45, 7) is 1.06. The van der Waals surface area contributed by atoms with E-state index in [0.717, 1.165) is 12.8 Å². The summed E-state index contributed by atoms with van der Waals surface area (Å²) in [6.07, 6.45) is 1.94. The van der Waals surface area contributed by atoms with Crippen LogP contribution in [0.5, 0.6) is 0 Å². The number of rotatable bonds is 2. The highest BCUT2D eigenvalue weighted by atomic mass is 16.2. The maximum Gasteiger partial charge on any atom is 0.311 e. The van der Waals surface area contributed by atoms with E-state index in [2.05, 4.69) is 10.2 Å². The third kappa shape index (κ3) is 3.71. The van der Waals surface area contributed by atoms with Gasteiger partial charge in [0.05, 0.1) is 6.07 Å². The van der Waals surface area contributed by atoms with Crippen LogP contribution < -0.4 is 5.32 Å². The molecule has 0 bridgehead atoms. The maximum absolute atomic E-state index is 11.8. The Bertz CT molecular complexity index is 335. The number of likely N-dealkylation sites (tertiary alicyclic amines) is 1. The number of piperidine rings is 1. The summed E-state index contributed by atoms with van der Waals surface area (Å²) in [5, 5.41) is 10.6. The summed E-state index contributed by atoms with van der Waals surface area (Å²) in [4.78, 5) is 26.8. The first kappa shape index (κ1) is 13.5. The van der Waals surface area contributed by atoms with E-state index in [0.29, 0.717) is 19.1 Å². The lowest BCUT2D eigenvalue weighted by molar-refractivity contribution is -0.147. The Morgan fingerprint density at radius 2 is 2.24 bits per heavy atom. The molecule has 0 aromatic rings. The molecule has 0 radical (unpaired) electrons. The zero-order valence-corrected chi connectivity index (χ0v) is 10.3. The Morgan fingerprint density at radius 3 is 2.82 bits per heavy atom. The summed E-state index contributed by atoms with van der Waals surface area (Å²) in [5.74, 6) is -1.22. The van der Waals surface area contributed by atoms with Crippen molar-refractivity contribution in [2.75, 3.05) is 33.7 Å². The molecule has 6 nitrogen and oxygen atoms in total. The monoisotopic (exact) mass is 238 g/mol. The average Bonchev–Trinajstić information content (AvgIpc) is 2.35. The molecule has 0 spiro atoms. The van der Waals surface area contributed by atoms with Crippen LogP contribution in [0.4, 0.5) is 0 Å². The van der Waals surface area contributed by atoms with E-state index >= 15 is 0 Å². The Balaban J connectivity index is 2.52. The van der Waals surface area contributed by atoms with Gasteiger partial charge in [0.2, 0.25) is 0 Å². The molecule has 2 amide bonds.